The fourth-order valence-corrected chi connectivity index (χ4v) is 1.06. The highest BCUT2D eigenvalue weighted by Gasteiger charge is 2.09. The van der Waals surface area contributed by atoms with Gasteiger partial charge in [0.15, 0.2) is 5.82 Å². The smallest absolute Gasteiger partial charge is 0.225 e. The summed E-state index contributed by atoms with van der Waals surface area (Å²) in [4.78, 5) is 11.3. The van der Waals surface area contributed by atoms with Gasteiger partial charge in [-0.1, -0.05) is 13.3 Å². The average molecular weight is 196 g/mol. The van der Waals surface area contributed by atoms with Crippen LogP contribution in [0.1, 0.15) is 31.9 Å². The number of aromatic nitrogens is 2. The van der Waals surface area contributed by atoms with Crippen LogP contribution < -0.4 is 11.1 Å². The maximum atomic E-state index is 11.3. The number of hydrogen-bond donors (Lipinski definition) is 3. The molecule has 0 unspecified atom stereocenters. The third kappa shape index (κ3) is 2.48. The van der Waals surface area contributed by atoms with E-state index >= 15 is 0 Å². The van der Waals surface area contributed by atoms with E-state index in [1.165, 1.54) is 0 Å². The molecule has 1 heterocycles. The molecule has 0 bridgehead atoms. The molecule has 0 aliphatic carbocycles. The number of rotatable bonds is 4. The van der Waals surface area contributed by atoms with E-state index in [1.54, 1.807) is 0 Å². The highest BCUT2D eigenvalue weighted by atomic mass is 16.1. The number of unbranched alkanes of at least 4 members (excludes halogenated alkanes) is 1. The van der Waals surface area contributed by atoms with Gasteiger partial charge in [0.25, 0.3) is 0 Å². The molecule has 1 amide bonds. The van der Waals surface area contributed by atoms with E-state index in [0.29, 0.717) is 17.9 Å². The molecular weight excluding hydrogens is 180 g/mol. The largest absolute Gasteiger partial charge is 0.394 e. The molecule has 1 aromatic heterocycles. The van der Waals surface area contributed by atoms with Crippen molar-refractivity contribution in [3.63, 3.8) is 0 Å². The minimum atomic E-state index is -0.0370. The summed E-state index contributed by atoms with van der Waals surface area (Å²) in [5.74, 6) is 0.397. The van der Waals surface area contributed by atoms with E-state index in [1.807, 2.05) is 13.8 Å². The fourth-order valence-electron chi connectivity index (χ4n) is 1.06. The van der Waals surface area contributed by atoms with Crippen LogP contribution in [0.4, 0.5) is 11.5 Å². The summed E-state index contributed by atoms with van der Waals surface area (Å²) in [6, 6.07) is 0. The molecule has 0 aromatic carbocycles. The summed E-state index contributed by atoms with van der Waals surface area (Å²) in [6.07, 6.45) is 2.40. The number of amides is 1. The van der Waals surface area contributed by atoms with Crippen LogP contribution in [-0.2, 0) is 4.79 Å². The minimum absolute atomic E-state index is 0.0370. The number of H-pyrrole nitrogens is 1. The second-order valence-electron chi connectivity index (χ2n) is 3.26. The van der Waals surface area contributed by atoms with Gasteiger partial charge in [-0.05, 0) is 13.3 Å². The first-order valence-corrected chi connectivity index (χ1v) is 4.75. The maximum Gasteiger partial charge on any atom is 0.225 e. The lowest BCUT2D eigenvalue weighted by Crippen LogP contribution is -2.12. The summed E-state index contributed by atoms with van der Waals surface area (Å²) in [6.45, 7) is 3.85. The number of hydrogen-bond acceptors (Lipinski definition) is 3. The molecule has 4 N–H and O–H groups in total. The Morgan fingerprint density at radius 3 is 2.86 bits per heavy atom. The van der Waals surface area contributed by atoms with Crippen molar-refractivity contribution >= 4 is 17.4 Å². The summed E-state index contributed by atoms with van der Waals surface area (Å²) in [5, 5.41) is 9.25. The first-order chi connectivity index (χ1) is 6.65. The van der Waals surface area contributed by atoms with Crippen molar-refractivity contribution < 1.29 is 4.79 Å². The summed E-state index contributed by atoms with van der Waals surface area (Å²) in [5.41, 5.74) is 6.95. The van der Waals surface area contributed by atoms with Crippen LogP contribution in [0.5, 0.6) is 0 Å². The van der Waals surface area contributed by atoms with Gasteiger partial charge in [-0.3, -0.25) is 9.89 Å². The highest BCUT2D eigenvalue weighted by Crippen LogP contribution is 2.17. The van der Waals surface area contributed by atoms with E-state index in [-0.39, 0.29) is 5.91 Å². The molecule has 0 atom stereocenters. The normalized spacial score (nSPS) is 10.1. The second kappa shape index (κ2) is 4.64. The Labute approximate surface area is 83.1 Å². The van der Waals surface area contributed by atoms with Crippen LogP contribution in [0.25, 0.3) is 0 Å². The molecule has 0 fully saturated rings. The Hall–Kier alpha value is -1.52. The van der Waals surface area contributed by atoms with Gasteiger partial charge in [-0.25, -0.2) is 0 Å². The molecule has 1 aromatic rings. The number of carbonyl (C=O) groups is 1. The quantitative estimate of drug-likeness (QED) is 0.681. The SMILES string of the molecule is CCCCC(=O)Nc1n[nH]c(C)c1N. The lowest BCUT2D eigenvalue weighted by Gasteiger charge is -2.01. The first kappa shape index (κ1) is 10.6. The predicted octanol–water partition coefficient (Wildman–Crippen LogP) is 1.43. The predicted molar refractivity (Wildman–Crippen MR) is 55.9 cm³/mol. The maximum absolute atomic E-state index is 11.3. The lowest BCUT2D eigenvalue weighted by atomic mass is 10.2. The van der Waals surface area contributed by atoms with Crippen LogP contribution in [0.2, 0.25) is 0 Å². The van der Waals surface area contributed by atoms with Gasteiger partial charge in [-0.2, -0.15) is 5.10 Å². The van der Waals surface area contributed by atoms with E-state index in [9.17, 15) is 4.79 Å². The second-order valence-corrected chi connectivity index (χ2v) is 3.26. The number of nitrogens with zero attached hydrogens (tertiary/aromatic N) is 1. The number of nitrogens with two attached hydrogens (primary N) is 1. The first-order valence-electron chi connectivity index (χ1n) is 4.75. The van der Waals surface area contributed by atoms with Crippen molar-refractivity contribution in [1.29, 1.82) is 0 Å². The number of aryl methyl sites for hydroxylation is 1. The Kier molecular flexibility index (Phi) is 3.50. The molecule has 78 valence electrons. The van der Waals surface area contributed by atoms with Gasteiger partial charge in [0.2, 0.25) is 5.91 Å². The zero-order chi connectivity index (χ0) is 10.6. The Morgan fingerprint density at radius 2 is 2.36 bits per heavy atom. The third-order valence-electron chi connectivity index (χ3n) is 2.01. The van der Waals surface area contributed by atoms with Crippen molar-refractivity contribution in [3.8, 4) is 0 Å². The molecule has 0 radical (unpaired) electrons. The van der Waals surface area contributed by atoms with Gasteiger partial charge in [0.1, 0.15) is 0 Å². The molecule has 14 heavy (non-hydrogen) atoms. The van der Waals surface area contributed by atoms with Crippen molar-refractivity contribution in [2.24, 2.45) is 0 Å². The number of nitrogens with one attached hydrogen (secondary N) is 2. The zero-order valence-corrected chi connectivity index (χ0v) is 8.55. The molecule has 5 heteroatoms. The fraction of sp³-hybridized carbons (Fsp3) is 0.556. The van der Waals surface area contributed by atoms with Gasteiger partial charge < -0.3 is 11.1 Å². The van der Waals surface area contributed by atoms with E-state index < -0.39 is 0 Å². The van der Waals surface area contributed by atoms with Gasteiger partial charge in [0, 0.05) is 6.42 Å². The molecule has 0 saturated carbocycles. The Bertz CT molecular complexity index is 319. The highest BCUT2D eigenvalue weighted by molar-refractivity contribution is 5.92. The van der Waals surface area contributed by atoms with Gasteiger partial charge >= 0.3 is 0 Å². The topological polar surface area (TPSA) is 83.8 Å². The molecule has 5 nitrogen and oxygen atoms in total. The lowest BCUT2D eigenvalue weighted by molar-refractivity contribution is -0.116. The zero-order valence-electron chi connectivity index (χ0n) is 8.55. The summed E-state index contributed by atoms with van der Waals surface area (Å²) < 4.78 is 0. The van der Waals surface area contributed by atoms with Gasteiger partial charge in [-0.15, -0.1) is 0 Å². The molecule has 0 aliphatic heterocycles. The number of carbonyl (C=O) groups excluding carboxylic acids is 1. The van der Waals surface area contributed by atoms with Crippen LogP contribution in [0, 0.1) is 6.92 Å². The van der Waals surface area contributed by atoms with E-state index in [2.05, 4.69) is 15.5 Å². The van der Waals surface area contributed by atoms with Crippen LogP contribution >= 0.6 is 0 Å². The third-order valence-corrected chi connectivity index (χ3v) is 2.01. The van der Waals surface area contributed by atoms with Crippen LogP contribution in [-0.4, -0.2) is 16.1 Å². The Morgan fingerprint density at radius 1 is 1.64 bits per heavy atom. The van der Waals surface area contributed by atoms with Crippen LogP contribution in [0.3, 0.4) is 0 Å². The molecule has 1 rings (SSSR count). The Balaban J connectivity index is 2.52. The van der Waals surface area contributed by atoms with Crippen molar-refractivity contribution in [2.45, 2.75) is 33.1 Å². The van der Waals surface area contributed by atoms with Crippen molar-refractivity contribution in [3.05, 3.63) is 5.69 Å². The van der Waals surface area contributed by atoms with Crippen molar-refractivity contribution in [1.82, 2.24) is 10.2 Å². The van der Waals surface area contributed by atoms with Crippen LogP contribution in [0.15, 0.2) is 0 Å². The van der Waals surface area contributed by atoms with Gasteiger partial charge in [0.05, 0.1) is 11.4 Å². The van der Waals surface area contributed by atoms with E-state index in [0.717, 1.165) is 18.5 Å². The number of nitrogen functional groups attached to an aromatic ring is 1. The van der Waals surface area contributed by atoms with Crippen molar-refractivity contribution in [2.75, 3.05) is 11.1 Å². The standard InChI is InChI=1S/C9H16N4O/c1-3-4-5-7(14)11-9-8(10)6(2)12-13-9/h3-5,10H2,1-2H3,(H2,11,12,13,14). The average Bonchev–Trinajstić information content (AvgIpc) is 2.46. The number of aromatic amines is 1. The van der Waals surface area contributed by atoms with E-state index in [4.69, 9.17) is 5.73 Å². The molecule has 0 spiro atoms. The molecule has 0 aliphatic rings. The summed E-state index contributed by atoms with van der Waals surface area (Å²) in [7, 11) is 0. The monoisotopic (exact) mass is 196 g/mol. The molecule has 0 saturated heterocycles. The number of anilines is 2. The summed E-state index contributed by atoms with van der Waals surface area (Å²) >= 11 is 0. The minimum Gasteiger partial charge on any atom is -0.394 e. The molecular formula is C9H16N4O.